The summed E-state index contributed by atoms with van der Waals surface area (Å²) in [6.07, 6.45) is 0. The van der Waals surface area contributed by atoms with Crippen LogP contribution in [-0.4, -0.2) is 4.98 Å². The molecule has 96 valence electrons. The highest BCUT2D eigenvalue weighted by atomic mass is 16.5. The van der Waals surface area contributed by atoms with Crippen LogP contribution >= 0.6 is 0 Å². The third kappa shape index (κ3) is 2.34. The predicted octanol–water partition coefficient (Wildman–Crippen LogP) is 4.36. The van der Waals surface area contributed by atoms with Crippen molar-refractivity contribution in [2.75, 3.05) is 0 Å². The van der Waals surface area contributed by atoms with Crippen LogP contribution in [-0.2, 0) is 6.61 Å². The Kier molecular flexibility index (Phi) is 3.00. The van der Waals surface area contributed by atoms with Crippen LogP contribution in [0.15, 0.2) is 48.5 Å². The monoisotopic (exact) mass is 251 g/mol. The summed E-state index contributed by atoms with van der Waals surface area (Å²) in [5.74, 6) is 0.915. The Hall–Kier alpha value is -2.22. The van der Waals surface area contributed by atoms with Gasteiger partial charge in [0, 0.05) is 16.6 Å². The van der Waals surface area contributed by atoms with E-state index in [1.54, 1.807) is 0 Å². The van der Waals surface area contributed by atoms with Crippen LogP contribution in [0.4, 0.5) is 0 Å². The normalized spacial score (nSPS) is 10.8. The largest absolute Gasteiger partial charge is 0.489 e. The van der Waals surface area contributed by atoms with E-state index in [2.05, 4.69) is 43.1 Å². The quantitative estimate of drug-likeness (QED) is 0.735. The number of fused-ring (bicyclic) bond motifs is 1. The minimum absolute atomic E-state index is 0.606. The zero-order valence-electron chi connectivity index (χ0n) is 11.2. The zero-order chi connectivity index (χ0) is 13.2. The minimum atomic E-state index is 0.606. The van der Waals surface area contributed by atoms with E-state index in [0.29, 0.717) is 6.61 Å². The van der Waals surface area contributed by atoms with Gasteiger partial charge >= 0.3 is 0 Å². The van der Waals surface area contributed by atoms with Gasteiger partial charge in [-0.2, -0.15) is 0 Å². The molecule has 0 bridgehead atoms. The SMILES string of the molecule is Cc1[nH]c2ccc(OCc3ccccc3)cc2c1C. The summed E-state index contributed by atoms with van der Waals surface area (Å²) < 4.78 is 5.85. The third-order valence-electron chi connectivity index (χ3n) is 3.53. The van der Waals surface area contributed by atoms with Crippen molar-refractivity contribution in [3.63, 3.8) is 0 Å². The molecule has 2 nitrogen and oxygen atoms in total. The van der Waals surface area contributed by atoms with Gasteiger partial charge in [0.1, 0.15) is 12.4 Å². The number of aryl methyl sites for hydroxylation is 2. The van der Waals surface area contributed by atoms with Crippen LogP contribution in [0, 0.1) is 13.8 Å². The highest BCUT2D eigenvalue weighted by molar-refractivity contribution is 5.85. The summed E-state index contributed by atoms with van der Waals surface area (Å²) in [6, 6.07) is 16.4. The second-order valence-electron chi connectivity index (χ2n) is 4.86. The third-order valence-corrected chi connectivity index (χ3v) is 3.53. The minimum Gasteiger partial charge on any atom is -0.489 e. The average molecular weight is 251 g/mol. The lowest BCUT2D eigenvalue weighted by Crippen LogP contribution is -1.94. The Bertz CT molecular complexity index is 698. The highest BCUT2D eigenvalue weighted by Gasteiger charge is 2.05. The number of H-pyrrole nitrogens is 1. The first-order chi connectivity index (χ1) is 9.24. The molecule has 0 unspecified atom stereocenters. The Morgan fingerprint density at radius 2 is 1.79 bits per heavy atom. The summed E-state index contributed by atoms with van der Waals surface area (Å²) in [5, 5.41) is 1.24. The van der Waals surface area contributed by atoms with E-state index in [1.165, 1.54) is 27.7 Å². The fourth-order valence-electron chi connectivity index (χ4n) is 2.27. The molecule has 2 aromatic carbocycles. The van der Waals surface area contributed by atoms with Crippen molar-refractivity contribution in [1.82, 2.24) is 4.98 Å². The van der Waals surface area contributed by atoms with Crippen LogP contribution in [0.25, 0.3) is 10.9 Å². The van der Waals surface area contributed by atoms with Gasteiger partial charge in [0.15, 0.2) is 0 Å². The molecule has 1 heterocycles. The molecule has 3 aromatic rings. The van der Waals surface area contributed by atoms with Crippen LogP contribution in [0.3, 0.4) is 0 Å². The van der Waals surface area contributed by atoms with Gasteiger partial charge in [-0.3, -0.25) is 0 Å². The summed E-state index contributed by atoms with van der Waals surface area (Å²) in [5.41, 5.74) is 4.86. The summed E-state index contributed by atoms with van der Waals surface area (Å²) in [4.78, 5) is 3.37. The van der Waals surface area contributed by atoms with E-state index in [-0.39, 0.29) is 0 Å². The molecule has 1 aromatic heterocycles. The summed E-state index contributed by atoms with van der Waals surface area (Å²) in [6.45, 7) is 4.84. The van der Waals surface area contributed by atoms with Gasteiger partial charge in [0.2, 0.25) is 0 Å². The maximum Gasteiger partial charge on any atom is 0.120 e. The molecule has 19 heavy (non-hydrogen) atoms. The first kappa shape index (κ1) is 11.8. The van der Waals surface area contributed by atoms with Gasteiger partial charge in [-0.1, -0.05) is 30.3 Å². The number of aromatic nitrogens is 1. The maximum atomic E-state index is 5.85. The molecule has 0 spiro atoms. The molecular formula is C17H17NO. The maximum absolute atomic E-state index is 5.85. The molecular weight excluding hydrogens is 234 g/mol. The number of aromatic amines is 1. The number of rotatable bonds is 3. The Labute approximate surface area is 113 Å². The fourth-order valence-corrected chi connectivity index (χ4v) is 2.27. The molecule has 1 N–H and O–H groups in total. The van der Waals surface area contributed by atoms with E-state index in [1.807, 2.05) is 24.3 Å². The highest BCUT2D eigenvalue weighted by Crippen LogP contribution is 2.26. The van der Waals surface area contributed by atoms with Gasteiger partial charge in [0.25, 0.3) is 0 Å². The van der Waals surface area contributed by atoms with Gasteiger partial charge < -0.3 is 9.72 Å². The summed E-state index contributed by atoms with van der Waals surface area (Å²) >= 11 is 0. The van der Waals surface area contributed by atoms with E-state index < -0.39 is 0 Å². The Morgan fingerprint density at radius 1 is 1.00 bits per heavy atom. The van der Waals surface area contributed by atoms with Crippen molar-refractivity contribution in [2.45, 2.75) is 20.5 Å². The Balaban J connectivity index is 1.83. The number of ether oxygens (including phenoxy) is 1. The predicted molar refractivity (Wildman–Crippen MR) is 78.5 cm³/mol. The van der Waals surface area contributed by atoms with E-state index in [0.717, 1.165) is 5.75 Å². The second kappa shape index (κ2) is 4.81. The fraction of sp³-hybridized carbons (Fsp3) is 0.176. The van der Waals surface area contributed by atoms with Gasteiger partial charge in [-0.05, 0) is 43.2 Å². The van der Waals surface area contributed by atoms with Crippen LogP contribution < -0.4 is 4.74 Å². The Morgan fingerprint density at radius 3 is 2.58 bits per heavy atom. The lowest BCUT2D eigenvalue weighted by atomic mass is 10.1. The van der Waals surface area contributed by atoms with Crippen molar-refractivity contribution in [3.05, 3.63) is 65.4 Å². The van der Waals surface area contributed by atoms with Gasteiger partial charge in [-0.25, -0.2) is 0 Å². The molecule has 0 fully saturated rings. The van der Waals surface area contributed by atoms with Gasteiger partial charge in [-0.15, -0.1) is 0 Å². The first-order valence-electron chi connectivity index (χ1n) is 6.50. The van der Waals surface area contributed by atoms with Crippen LogP contribution in [0.2, 0.25) is 0 Å². The molecule has 0 aliphatic heterocycles. The summed E-state index contributed by atoms with van der Waals surface area (Å²) in [7, 11) is 0. The molecule has 0 saturated heterocycles. The van der Waals surface area contributed by atoms with E-state index >= 15 is 0 Å². The lowest BCUT2D eigenvalue weighted by Gasteiger charge is -2.06. The molecule has 0 amide bonds. The lowest BCUT2D eigenvalue weighted by molar-refractivity contribution is 0.306. The van der Waals surface area contributed by atoms with Gasteiger partial charge in [0.05, 0.1) is 0 Å². The molecule has 2 heteroatoms. The van der Waals surface area contributed by atoms with E-state index in [9.17, 15) is 0 Å². The van der Waals surface area contributed by atoms with Crippen LogP contribution in [0.5, 0.6) is 5.75 Å². The average Bonchev–Trinajstić information content (AvgIpc) is 2.73. The number of nitrogens with one attached hydrogen (secondary N) is 1. The smallest absolute Gasteiger partial charge is 0.120 e. The van der Waals surface area contributed by atoms with Crippen molar-refractivity contribution < 1.29 is 4.74 Å². The van der Waals surface area contributed by atoms with Crippen LogP contribution in [0.1, 0.15) is 16.8 Å². The molecule has 0 radical (unpaired) electrons. The molecule has 3 rings (SSSR count). The zero-order valence-corrected chi connectivity index (χ0v) is 11.2. The van der Waals surface area contributed by atoms with Crippen molar-refractivity contribution >= 4 is 10.9 Å². The molecule has 0 saturated carbocycles. The van der Waals surface area contributed by atoms with Crippen molar-refractivity contribution in [1.29, 1.82) is 0 Å². The topological polar surface area (TPSA) is 25.0 Å². The number of hydrogen-bond acceptors (Lipinski definition) is 1. The van der Waals surface area contributed by atoms with Crippen molar-refractivity contribution in [2.24, 2.45) is 0 Å². The first-order valence-corrected chi connectivity index (χ1v) is 6.50. The van der Waals surface area contributed by atoms with E-state index in [4.69, 9.17) is 4.74 Å². The molecule has 0 aliphatic carbocycles. The standard InChI is InChI=1S/C17H17NO/c1-12-13(2)18-17-9-8-15(10-16(12)17)19-11-14-6-4-3-5-7-14/h3-10,18H,11H2,1-2H3. The number of hydrogen-bond donors (Lipinski definition) is 1. The van der Waals surface area contributed by atoms with Crippen molar-refractivity contribution in [3.8, 4) is 5.75 Å². The molecule has 0 atom stereocenters. The number of benzene rings is 2. The molecule has 0 aliphatic rings. The second-order valence-corrected chi connectivity index (χ2v) is 4.86.